The van der Waals surface area contributed by atoms with Gasteiger partial charge in [-0.15, -0.1) is 18.7 Å². The van der Waals surface area contributed by atoms with Gasteiger partial charge in [-0.3, -0.25) is 0 Å². The van der Waals surface area contributed by atoms with Gasteiger partial charge < -0.3 is 10.2 Å². The van der Waals surface area contributed by atoms with Crippen LogP contribution in [0.2, 0.25) is 0 Å². The van der Waals surface area contributed by atoms with Crippen LogP contribution in [0.3, 0.4) is 0 Å². The molecule has 2 unspecified atom stereocenters. The molecule has 0 radical (unpaired) electrons. The minimum Gasteiger partial charge on any atom is -0.358 e. The summed E-state index contributed by atoms with van der Waals surface area (Å²) in [5, 5.41) is 25.7. The molecule has 6 bridgehead atoms. The Kier molecular flexibility index (Phi) is 31.1. The largest absolute Gasteiger partial charge is 0.556 e. The van der Waals surface area contributed by atoms with Gasteiger partial charge in [-0.25, -0.2) is 46.1 Å². The highest BCUT2D eigenvalue weighted by molar-refractivity contribution is 7.50. The maximum atomic E-state index is 14.7. The molecule has 1 spiro atoms. The van der Waals surface area contributed by atoms with Gasteiger partial charge in [0.1, 0.15) is 5.60 Å². The first-order valence-electron chi connectivity index (χ1n) is 33.6. The van der Waals surface area contributed by atoms with E-state index in [0.717, 1.165) is 89.9 Å². The molecule has 6 atom stereocenters. The summed E-state index contributed by atoms with van der Waals surface area (Å²) in [6, 6.07) is 0. The Balaban J connectivity index is 1.15. The summed E-state index contributed by atoms with van der Waals surface area (Å²) < 4.78 is 93.4. The Bertz CT molecular complexity index is 1840. The molecule has 7 fully saturated rings. The van der Waals surface area contributed by atoms with Crippen LogP contribution in [0, 0.1) is 0 Å². The third-order valence-corrected chi connectivity index (χ3v) is 21.5. The smallest absolute Gasteiger partial charge is 0.358 e. The molecule has 2 N–H and O–H groups in total. The van der Waals surface area contributed by atoms with Crippen LogP contribution in [0.5, 0.6) is 0 Å². The van der Waals surface area contributed by atoms with Crippen molar-refractivity contribution >= 4 is 23.5 Å². The summed E-state index contributed by atoms with van der Waals surface area (Å²) in [4.78, 5) is 24.0. The lowest BCUT2D eigenvalue weighted by molar-refractivity contribution is -0.590. The second-order valence-electron chi connectivity index (χ2n) is 24.9. The molecule has 0 aromatic rings. The maximum Gasteiger partial charge on any atom is 0.556 e. The second kappa shape index (κ2) is 35.9. The van der Waals surface area contributed by atoms with Gasteiger partial charge in [0.15, 0.2) is 5.60 Å². The molecule has 7 saturated heterocycles. The monoisotopic (exact) mass is 1210 g/mol. The zero-order chi connectivity index (χ0) is 57.8. The molecule has 7 heterocycles. The number of phosphoric acid groups is 3. The van der Waals surface area contributed by atoms with E-state index in [0.29, 0.717) is 25.7 Å². The molecular weight excluding hydrogens is 1100 g/mol. The summed E-state index contributed by atoms with van der Waals surface area (Å²) in [7, 11) is -15.3. The fraction of sp³-hybridized carbons (Fsp3) is 1.00. The molecule has 81 heavy (non-hydrogen) atoms. The van der Waals surface area contributed by atoms with Crippen LogP contribution in [-0.2, 0) is 74.6 Å². The Morgan fingerprint density at radius 3 is 0.889 bits per heavy atom. The van der Waals surface area contributed by atoms with Crippen molar-refractivity contribution in [1.29, 1.82) is 0 Å². The predicted molar refractivity (Wildman–Crippen MR) is 310 cm³/mol. The molecular formula is C60H113O18P3. The number of fused-ring (bicyclic) bond motifs is 4. The van der Waals surface area contributed by atoms with Gasteiger partial charge >= 0.3 is 41.0 Å². The highest BCUT2D eigenvalue weighted by atomic mass is 31.2. The highest BCUT2D eigenvalue weighted by Crippen LogP contribution is 2.86. The molecule has 0 amide bonds. The van der Waals surface area contributed by atoms with E-state index in [1.54, 1.807) is 0 Å². The molecule has 7 aliphatic rings. The fourth-order valence-corrected chi connectivity index (χ4v) is 16.9. The van der Waals surface area contributed by atoms with E-state index in [1.807, 2.05) is 0 Å². The van der Waals surface area contributed by atoms with E-state index in [9.17, 15) is 23.9 Å². The first kappa shape index (κ1) is 70.2. The van der Waals surface area contributed by atoms with Crippen molar-refractivity contribution in [2.24, 2.45) is 0 Å². The van der Waals surface area contributed by atoms with E-state index in [1.165, 1.54) is 193 Å². The van der Waals surface area contributed by atoms with Crippen molar-refractivity contribution < 1.29 is 84.8 Å². The lowest BCUT2D eigenvalue weighted by atomic mass is 9.65. The van der Waals surface area contributed by atoms with Crippen molar-refractivity contribution in [2.75, 3.05) is 0 Å². The molecule has 7 rings (SSSR count). The van der Waals surface area contributed by atoms with E-state index >= 15 is 0 Å². The zero-order valence-electron chi connectivity index (χ0n) is 50.8. The number of hydrogen-bond acceptors (Lipinski definition) is 18. The van der Waals surface area contributed by atoms with Gasteiger partial charge in [0.2, 0.25) is 0 Å². The molecule has 7 aliphatic heterocycles. The van der Waals surface area contributed by atoms with Crippen molar-refractivity contribution in [3.05, 3.63) is 0 Å². The van der Waals surface area contributed by atoms with Crippen LogP contribution in [-0.4, -0.2) is 44.7 Å². The van der Waals surface area contributed by atoms with Gasteiger partial charge in [0, 0.05) is 0 Å². The number of hydrogen-bond donors (Lipinski definition) is 2. The van der Waals surface area contributed by atoms with E-state index in [2.05, 4.69) is 20.8 Å². The van der Waals surface area contributed by atoms with Gasteiger partial charge in [0.05, 0.1) is 0 Å². The van der Waals surface area contributed by atoms with Crippen LogP contribution in [0.15, 0.2) is 0 Å². The topological polar surface area (TPSA) is 212 Å². The Morgan fingerprint density at radius 1 is 0.272 bits per heavy atom. The summed E-state index contributed by atoms with van der Waals surface area (Å²) in [6.07, 6.45) is 54.4. The van der Waals surface area contributed by atoms with Crippen LogP contribution in [0.25, 0.3) is 0 Å². The highest BCUT2D eigenvalue weighted by Gasteiger charge is 3.02. The fourth-order valence-electron chi connectivity index (χ4n) is 13.2. The van der Waals surface area contributed by atoms with Gasteiger partial charge in [-0.2, -0.15) is 9.78 Å². The van der Waals surface area contributed by atoms with E-state index < -0.39 is 58.0 Å². The Labute approximate surface area is 489 Å². The van der Waals surface area contributed by atoms with Crippen molar-refractivity contribution in [3.63, 3.8) is 0 Å². The van der Waals surface area contributed by atoms with Crippen LogP contribution >= 0.6 is 23.5 Å². The maximum absolute atomic E-state index is 14.7. The Hall–Kier alpha value is 0.0900. The van der Waals surface area contributed by atoms with E-state index in [4.69, 9.17) is 60.9 Å². The number of phosphoric ester groups is 2. The molecule has 0 saturated carbocycles. The van der Waals surface area contributed by atoms with Gasteiger partial charge in [0.25, 0.3) is 5.79 Å². The van der Waals surface area contributed by atoms with Gasteiger partial charge in [-0.05, 0) is 19.3 Å². The molecule has 21 heteroatoms. The first-order chi connectivity index (χ1) is 39.3. The summed E-state index contributed by atoms with van der Waals surface area (Å²) >= 11 is 0. The number of aliphatic hydroxyl groups is 2. The molecule has 476 valence electrons. The normalized spacial score (nSPS) is 31.8. The first-order valence-corrected chi connectivity index (χ1v) is 38.0. The lowest BCUT2D eigenvalue weighted by Gasteiger charge is -2.57. The summed E-state index contributed by atoms with van der Waals surface area (Å²) in [6.45, 7) is 6.76. The third-order valence-electron chi connectivity index (χ3n) is 18.1. The van der Waals surface area contributed by atoms with Crippen LogP contribution in [0.4, 0.5) is 0 Å². The van der Waals surface area contributed by atoms with Crippen LogP contribution in [0.1, 0.15) is 348 Å². The van der Waals surface area contributed by atoms with Crippen LogP contribution < -0.4 is 0 Å². The standard InChI is InChI=1S/C60H113O18P3/c1-4-7-10-13-16-19-22-25-28-31-34-37-40-43-46-49-52-55(53-50-47-44-41-38-35-32-29-26-23-20-17-14-11-8-5-2)56(54-51-48-45-42-39-36-33-30-27-24-21-18-15-12-9-6-3)57(61)58-59(72-79(63,70-57)71-58,60(62)73-80(64,74-60)76-67-56)69-78-81(65,75-66-55)77-68-58/h61-62H,4-54H2,1-3H3/t56-,57-,58-,59+,60?,79?,80?,81?/m1/s1. The number of unbranched alkanes of at least 4 members (excludes halogenated alkanes) is 45. The average molecular weight is 1220 g/mol. The summed E-state index contributed by atoms with van der Waals surface area (Å²) in [5.41, 5.74) is -4.50. The lowest BCUT2D eigenvalue weighted by Crippen LogP contribution is -2.85. The van der Waals surface area contributed by atoms with Crippen molar-refractivity contribution in [2.45, 2.75) is 383 Å². The van der Waals surface area contributed by atoms with Crippen molar-refractivity contribution in [3.8, 4) is 0 Å². The van der Waals surface area contributed by atoms with Crippen molar-refractivity contribution in [1.82, 2.24) is 0 Å². The van der Waals surface area contributed by atoms with Gasteiger partial charge in [-0.1, -0.05) is 329 Å². The summed E-state index contributed by atoms with van der Waals surface area (Å²) in [5.74, 6) is -13.5. The minimum absolute atomic E-state index is 0.0451. The number of rotatable bonds is 51. The second-order valence-corrected chi connectivity index (χ2v) is 29.1. The third kappa shape index (κ3) is 19.1. The molecule has 0 aromatic heterocycles. The van der Waals surface area contributed by atoms with E-state index in [-0.39, 0.29) is 19.3 Å². The Morgan fingerprint density at radius 2 is 0.543 bits per heavy atom. The zero-order valence-corrected chi connectivity index (χ0v) is 53.5. The molecule has 18 nitrogen and oxygen atoms in total. The average Bonchev–Trinajstić information content (AvgIpc) is 4.03. The minimum atomic E-state index is -5.23. The quantitative estimate of drug-likeness (QED) is 0.0329. The SMILES string of the molecule is CCCCCCCCCCCCCCCCCCC1(CCCCCCCCCCCCCCCCCC)OOP2(=O)OO[C@]34OP5(=O)O[C@@](O)([C@@]3(OO2)O5)[C@]1(CCCCCCCCCCCCCCCCCC)OOP1(=O)OC4(O)O1. The predicted octanol–water partition coefficient (Wildman–Crippen LogP) is 20.4. The molecule has 0 aromatic carbocycles. The molecule has 0 aliphatic carbocycles.